The molecule has 0 atom stereocenters. The number of rotatable bonds is 8. The van der Waals surface area contributed by atoms with Crippen LogP contribution in [-0.4, -0.2) is 43.0 Å². The van der Waals surface area contributed by atoms with Gasteiger partial charge in [-0.15, -0.1) is 0 Å². The molecule has 0 radical (unpaired) electrons. The molecule has 1 saturated heterocycles. The summed E-state index contributed by atoms with van der Waals surface area (Å²) < 4.78 is 13.6. The number of nitrogens with zero attached hydrogens (tertiary/aromatic N) is 2. The van der Waals surface area contributed by atoms with E-state index in [-0.39, 0.29) is 5.82 Å². The number of hydrogen-bond donors (Lipinski definition) is 0. The van der Waals surface area contributed by atoms with Crippen LogP contribution in [0.3, 0.4) is 0 Å². The Morgan fingerprint density at radius 3 is 2.72 bits per heavy atom. The topological polar surface area (TPSA) is 6.48 Å². The zero-order valence-electron chi connectivity index (χ0n) is 15.2. The Morgan fingerprint density at radius 2 is 2.00 bits per heavy atom. The van der Waals surface area contributed by atoms with Gasteiger partial charge in [0.25, 0.3) is 0 Å². The second kappa shape index (κ2) is 9.46. The van der Waals surface area contributed by atoms with Gasteiger partial charge in [0.05, 0.1) is 0 Å². The van der Waals surface area contributed by atoms with Crippen molar-refractivity contribution in [2.24, 2.45) is 5.92 Å². The minimum absolute atomic E-state index is 0.0603. The molecule has 0 saturated carbocycles. The summed E-state index contributed by atoms with van der Waals surface area (Å²) in [5, 5.41) is 4.40. The Balaban J connectivity index is 1.32. The van der Waals surface area contributed by atoms with E-state index in [1.54, 1.807) is 23.5 Å². The zero-order valence-corrected chi connectivity index (χ0v) is 16.0. The van der Waals surface area contributed by atoms with Crippen molar-refractivity contribution in [1.29, 1.82) is 0 Å². The Morgan fingerprint density at radius 1 is 1.20 bits per heavy atom. The summed E-state index contributed by atoms with van der Waals surface area (Å²) in [6, 6.07) is 9.38. The van der Waals surface area contributed by atoms with Crippen LogP contribution < -0.4 is 0 Å². The van der Waals surface area contributed by atoms with Crippen LogP contribution in [0, 0.1) is 11.7 Å². The van der Waals surface area contributed by atoms with Crippen molar-refractivity contribution in [3.8, 4) is 0 Å². The van der Waals surface area contributed by atoms with Crippen molar-refractivity contribution >= 4 is 11.3 Å². The number of benzene rings is 1. The summed E-state index contributed by atoms with van der Waals surface area (Å²) in [6.45, 7) is 5.72. The largest absolute Gasteiger partial charge is 0.303 e. The first-order chi connectivity index (χ1) is 12.2. The van der Waals surface area contributed by atoms with E-state index in [0.717, 1.165) is 37.4 Å². The molecule has 1 aliphatic rings. The predicted octanol–water partition coefficient (Wildman–Crippen LogP) is 4.66. The molecule has 25 heavy (non-hydrogen) atoms. The SMILES string of the molecule is CN(Cc1ccsc1)CC1CCN(CCCc2ccccc2F)CC1. The highest BCUT2D eigenvalue weighted by Gasteiger charge is 2.20. The molecule has 3 rings (SSSR count). The van der Waals surface area contributed by atoms with E-state index < -0.39 is 0 Å². The summed E-state index contributed by atoms with van der Waals surface area (Å²) in [5.41, 5.74) is 2.28. The number of thiophene rings is 1. The van der Waals surface area contributed by atoms with Gasteiger partial charge >= 0.3 is 0 Å². The van der Waals surface area contributed by atoms with Crippen LogP contribution >= 0.6 is 11.3 Å². The second-order valence-electron chi connectivity index (χ2n) is 7.31. The molecule has 1 fully saturated rings. The number of aryl methyl sites for hydroxylation is 1. The van der Waals surface area contributed by atoms with Gasteiger partial charge in [-0.3, -0.25) is 0 Å². The quantitative estimate of drug-likeness (QED) is 0.675. The third-order valence-electron chi connectivity index (χ3n) is 5.19. The van der Waals surface area contributed by atoms with Gasteiger partial charge in [-0.1, -0.05) is 18.2 Å². The second-order valence-corrected chi connectivity index (χ2v) is 8.09. The maximum absolute atomic E-state index is 13.6. The Hall–Kier alpha value is -1.23. The van der Waals surface area contributed by atoms with Crippen molar-refractivity contribution in [3.05, 3.63) is 58.0 Å². The Labute approximate surface area is 155 Å². The van der Waals surface area contributed by atoms with Crippen LogP contribution in [0.1, 0.15) is 30.4 Å². The van der Waals surface area contributed by atoms with E-state index in [4.69, 9.17) is 0 Å². The van der Waals surface area contributed by atoms with Crippen molar-refractivity contribution < 1.29 is 4.39 Å². The molecule has 0 N–H and O–H groups in total. The molecule has 1 aromatic heterocycles. The molecule has 1 aromatic carbocycles. The number of halogens is 1. The van der Waals surface area contributed by atoms with Gasteiger partial charge in [-0.05, 0) is 92.3 Å². The molecule has 136 valence electrons. The van der Waals surface area contributed by atoms with Gasteiger partial charge in [0.15, 0.2) is 0 Å². The summed E-state index contributed by atoms with van der Waals surface area (Å²) >= 11 is 1.78. The molecule has 0 amide bonds. The maximum atomic E-state index is 13.6. The van der Waals surface area contributed by atoms with Gasteiger partial charge in [-0.25, -0.2) is 4.39 Å². The van der Waals surface area contributed by atoms with Gasteiger partial charge in [0.1, 0.15) is 5.82 Å². The van der Waals surface area contributed by atoms with Crippen LogP contribution in [0.15, 0.2) is 41.1 Å². The minimum Gasteiger partial charge on any atom is -0.303 e. The fraction of sp³-hybridized carbons (Fsp3) is 0.524. The van der Waals surface area contributed by atoms with Gasteiger partial charge in [0, 0.05) is 13.1 Å². The lowest BCUT2D eigenvalue weighted by Crippen LogP contribution is -2.38. The van der Waals surface area contributed by atoms with Gasteiger partial charge < -0.3 is 9.80 Å². The average Bonchev–Trinajstić information content (AvgIpc) is 3.11. The monoisotopic (exact) mass is 360 g/mol. The van der Waals surface area contributed by atoms with E-state index in [0.29, 0.717) is 0 Å². The van der Waals surface area contributed by atoms with Crippen molar-refractivity contribution in [1.82, 2.24) is 9.80 Å². The fourth-order valence-corrected chi connectivity index (χ4v) is 4.45. The zero-order chi connectivity index (χ0) is 17.5. The van der Waals surface area contributed by atoms with E-state index in [2.05, 4.69) is 33.7 Å². The lowest BCUT2D eigenvalue weighted by Gasteiger charge is -2.34. The summed E-state index contributed by atoms with van der Waals surface area (Å²) in [6.07, 6.45) is 4.46. The van der Waals surface area contributed by atoms with Crippen LogP contribution in [-0.2, 0) is 13.0 Å². The van der Waals surface area contributed by atoms with E-state index in [1.165, 1.54) is 38.0 Å². The van der Waals surface area contributed by atoms with Crippen molar-refractivity contribution in [2.45, 2.75) is 32.2 Å². The number of hydrogen-bond acceptors (Lipinski definition) is 3. The van der Waals surface area contributed by atoms with Crippen LogP contribution in [0.25, 0.3) is 0 Å². The first-order valence-corrected chi connectivity index (χ1v) is 10.3. The average molecular weight is 361 g/mol. The number of likely N-dealkylation sites (tertiary alicyclic amines) is 1. The summed E-state index contributed by atoms with van der Waals surface area (Å²) in [7, 11) is 2.23. The predicted molar refractivity (Wildman–Crippen MR) is 105 cm³/mol. The summed E-state index contributed by atoms with van der Waals surface area (Å²) in [5.74, 6) is 0.751. The molecule has 4 heteroatoms. The molecule has 0 spiro atoms. The Bertz CT molecular complexity index is 621. The number of piperidine rings is 1. The molecule has 0 aliphatic carbocycles. The third-order valence-corrected chi connectivity index (χ3v) is 5.92. The first kappa shape index (κ1) is 18.6. The van der Waals surface area contributed by atoms with Gasteiger partial charge in [0.2, 0.25) is 0 Å². The summed E-state index contributed by atoms with van der Waals surface area (Å²) in [4.78, 5) is 5.01. The van der Waals surface area contributed by atoms with Gasteiger partial charge in [-0.2, -0.15) is 11.3 Å². The highest BCUT2D eigenvalue weighted by atomic mass is 32.1. The smallest absolute Gasteiger partial charge is 0.126 e. The van der Waals surface area contributed by atoms with E-state index in [1.807, 2.05) is 12.1 Å². The van der Waals surface area contributed by atoms with E-state index >= 15 is 0 Å². The molecule has 1 aliphatic heterocycles. The first-order valence-electron chi connectivity index (χ1n) is 9.36. The Kier molecular flexibility index (Phi) is 7.02. The molecule has 0 unspecified atom stereocenters. The van der Waals surface area contributed by atoms with Crippen molar-refractivity contribution in [2.75, 3.05) is 33.2 Å². The highest BCUT2D eigenvalue weighted by Crippen LogP contribution is 2.20. The van der Waals surface area contributed by atoms with E-state index in [9.17, 15) is 4.39 Å². The van der Waals surface area contributed by atoms with Crippen LogP contribution in [0.4, 0.5) is 4.39 Å². The lowest BCUT2D eigenvalue weighted by atomic mass is 9.96. The highest BCUT2D eigenvalue weighted by molar-refractivity contribution is 7.07. The van der Waals surface area contributed by atoms with Crippen LogP contribution in [0.5, 0.6) is 0 Å². The standard InChI is InChI=1S/C21H29FN2S/c1-23(16-19-10-14-25-17-19)15-18-8-12-24(13-9-18)11-4-6-20-5-2-3-7-21(20)22/h2-3,5,7,10,14,17-18H,4,6,8-9,11-13,15-16H2,1H3. The van der Waals surface area contributed by atoms with Crippen LogP contribution in [0.2, 0.25) is 0 Å². The van der Waals surface area contributed by atoms with Crippen molar-refractivity contribution in [3.63, 3.8) is 0 Å². The lowest BCUT2D eigenvalue weighted by molar-refractivity contribution is 0.151. The molecule has 2 aromatic rings. The normalized spacial score (nSPS) is 16.6. The molecular weight excluding hydrogens is 331 g/mol. The third kappa shape index (κ3) is 5.91. The molecular formula is C21H29FN2S. The minimum atomic E-state index is -0.0603. The fourth-order valence-electron chi connectivity index (χ4n) is 3.79. The molecule has 2 heterocycles. The molecule has 0 bridgehead atoms. The molecule has 2 nitrogen and oxygen atoms in total. The maximum Gasteiger partial charge on any atom is 0.126 e.